The number of furan rings is 1. The van der Waals surface area contributed by atoms with Gasteiger partial charge < -0.3 is 9.73 Å². The lowest BCUT2D eigenvalue weighted by molar-refractivity contribution is 0.490. The summed E-state index contributed by atoms with van der Waals surface area (Å²) in [6.45, 7) is 2.59. The monoisotopic (exact) mass is 364 g/mol. The first-order chi connectivity index (χ1) is 9.22. The zero-order valence-corrected chi connectivity index (χ0v) is 12.6. The zero-order chi connectivity index (χ0) is 13.2. The van der Waals surface area contributed by atoms with Crippen LogP contribution in [0.3, 0.4) is 0 Å². The van der Waals surface area contributed by atoms with E-state index in [9.17, 15) is 0 Å². The van der Waals surface area contributed by atoms with Gasteiger partial charge in [0, 0.05) is 8.96 Å². The average molecular weight is 364 g/mol. The molecule has 0 atom stereocenters. The quantitative estimate of drug-likeness (QED) is 0.702. The van der Waals surface area contributed by atoms with Gasteiger partial charge in [-0.3, -0.25) is 0 Å². The zero-order valence-electron chi connectivity index (χ0n) is 10.5. The van der Waals surface area contributed by atoms with Crippen molar-refractivity contribution in [3.63, 3.8) is 0 Å². The van der Waals surface area contributed by atoms with Crippen LogP contribution in [-0.2, 0) is 6.54 Å². The van der Waals surface area contributed by atoms with Crippen molar-refractivity contribution in [2.75, 3.05) is 5.32 Å². The molecule has 2 heterocycles. The van der Waals surface area contributed by atoms with Gasteiger partial charge in [-0.05, 0) is 65.9 Å². The van der Waals surface area contributed by atoms with Gasteiger partial charge in [0.25, 0.3) is 0 Å². The van der Waals surface area contributed by atoms with E-state index in [4.69, 9.17) is 4.42 Å². The van der Waals surface area contributed by atoms with Crippen molar-refractivity contribution in [3.05, 3.63) is 57.6 Å². The van der Waals surface area contributed by atoms with E-state index in [-0.39, 0.29) is 0 Å². The molecule has 2 aromatic heterocycles. The molecule has 0 bridgehead atoms. The summed E-state index contributed by atoms with van der Waals surface area (Å²) in [5, 5.41) is 4.46. The third-order valence-corrected chi connectivity index (χ3v) is 3.86. The first-order valence-electron chi connectivity index (χ1n) is 6.07. The van der Waals surface area contributed by atoms with Crippen LogP contribution in [0, 0.1) is 10.5 Å². The number of nitrogens with zero attached hydrogens (tertiary/aromatic N) is 1. The molecule has 0 unspecified atom stereocenters. The highest BCUT2D eigenvalue weighted by Gasteiger charge is 2.02. The summed E-state index contributed by atoms with van der Waals surface area (Å²) in [4.78, 5) is 4.60. The normalized spacial score (nSPS) is 10.8. The maximum atomic E-state index is 5.52. The third kappa shape index (κ3) is 2.73. The largest absolute Gasteiger partial charge is 0.465 e. The highest BCUT2D eigenvalue weighted by atomic mass is 127. The maximum absolute atomic E-state index is 5.52. The van der Waals surface area contributed by atoms with E-state index in [0.717, 1.165) is 22.9 Å². The molecule has 3 rings (SSSR count). The third-order valence-electron chi connectivity index (χ3n) is 2.92. The van der Waals surface area contributed by atoms with Gasteiger partial charge >= 0.3 is 0 Å². The summed E-state index contributed by atoms with van der Waals surface area (Å²) in [7, 11) is 0. The number of pyridine rings is 1. The second-order valence-electron chi connectivity index (χ2n) is 4.37. The fraction of sp³-hybridized carbons (Fsp3) is 0.133. The van der Waals surface area contributed by atoms with Crippen LogP contribution in [-0.4, -0.2) is 4.98 Å². The van der Waals surface area contributed by atoms with E-state index < -0.39 is 0 Å². The van der Waals surface area contributed by atoms with Crippen LogP contribution in [0.4, 0.5) is 5.82 Å². The van der Waals surface area contributed by atoms with Crippen molar-refractivity contribution in [3.8, 4) is 0 Å². The Balaban J connectivity index is 1.82. The summed E-state index contributed by atoms with van der Waals surface area (Å²) in [5.74, 6) is 2.71. The highest BCUT2D eigenvalue weighted by molar-refractivity contribution is 14.1. The Kier molecular flexibility index (Phi) is 3.42. The Morgan fingerprint density at radius 3 is 2.84 bits per heavy atom. The molecule has 0 aliphatic rings. The Bertz CT molecular complexity index is 721. The summed E-state index contributed by atoms with van der Waals surface area (Å²) in [6.07, 6.45) is 0. The Labute approximate surface area is 125 Å². The Morgan fingerprint density at radius 2 is 2.05 bits per heavy atom. The first-order valence-corrected chi connectivity index (χ1v) is 7.15. The fourth-order valence-corrected chi connectivity index (χ4v) is 2.64. The predicted octanol–water partition coefficient (Wildman–Crippen LogP) is 4.35. The smallest absolute Gasteiger partial charge is 0.127 e. The van der Waals surface area contributed by atoms with Crippen LogP contribution < -0.4 is 5.32 Å². The molecule has 0 aliphatic carbocycles. The Hall–Kier alpha value is -1.56. The van der Waals surface area contributed by atoms with Gasteiger partial charge in [0.15, 0.2) is 0 Å². The molecule has 19 heavy (non-hydrogen) atoms. The second-order valence-corrected chi connectivity index (χ2v) is 5.53. The molecule has 96 valence electrons. The highest BCUT2D eigenvalue weighted by Crippen LogP contribution is 2.21. The summed E-state index contributed by atoms with van der Waals surface area (Å²) >= 11 is 2.33. The lowest BCUT2D eigenvalue weighted by Gasteiger charge is -2.06. The van der Waals surface area contributed by atoms with Gasteiger partial charge in [0.1, 0.15) is 17.3 Å². The van der Waals surface area contributed by atoms with Crippen LogP contribution in [0.2, 0.25) is 0 Å². The molecular weight excluding hydrogens is 351 g/mol. The van der Waals surface area contributed by atoms with Gasteiger partial charge in [-0.15, -0.1) is 0 Å². The molecular formula is C15H13IN2O. The van der Waals surface area contributed by atoms with Crippen molar-refractivity contribution >= 4 is 39.3 Å². The minimum atomic E-state index is 0.649. The van der Waals surface area contributed by atoms with Crippen molar-refractivity contribution < 1.29 is 4.42 Å². The minimum Gasteiger partial charge on any atom is -0.465 e. The van der Waals surface area contributed by atoms with Crippen molar-refractivity contribution in [1.82, 2.24) is 4.98 Å². The van der Waals surface area contributed by atoms with Gasteiger partial charge in [0.05, 0.1) is 12.1 Å². The summed E-state index contributed by atoms with van der Waals surface area (Å²) in [6, 6.07) is 14.2. The number of hydrogen-bond acceptors (Lipinski definition) is 3. The maximum Gasteiger partial charge on any atom is 0.127 e. The van der Waals surface area contributed by atoms with Crippen LogP contribution in [0.25, 0.3) is 10.9 Å². The number of nitrogens with one attached hydrogen (secondary N) is 1. The number of hydrogen-bond donors (Lipinski definition) is 1. The van der Waals surface area contributed by atoms with E-state index in [2.05, 4.69) is 45.0 Å². The van der Waals surface area contributed by atoms with Crippen LogP contribution in [0.5, 0.6) is 0 Å². The SMILES string of the molecule is Cc1ccc(CNc2ccc3c(I)cccc3n2)o1. The number of benzene rings is 1. The number of rotatable bonds is 3. The molecule has 0 aliphatic heterocycles. The summed E-state index contributed by atoms with van der Waals surface area (Å²) < 4.78 is 6.74. The first kappa shape index (κ1) is 12.5. The fourth-order valence-electron chi connectivity index (χ4n) is 1.97. The second kappa shape index (κ2) is 5.21. The van der Waals surface area contributed by atoms with Gasteiger partial charge in [-0.2, -0.15) is 0 Å². The number of anilines is 1. The van der Waals surface area contributed by atoms with Crippen molar-refractivity contribution in [2.24, 2.45) is 0 Å². The minimum absolute atomic E-state index is 0.649. The van der Waals surface area contributed by atoms with E-state index >= 15 is 0 Å². The molecule has 0 saturated carbocycles. The number of aryl methyl sites for hydroxylation is 1. The van der Waals surface area contributed by atoms with Crippen molar-refractivity contribution in [1.29, 1.82) is 0 Å². The van der Waals surface area contributed by atoms with E-state index in [1.165, 1.54) is 8.96 Å². The van der Waals surface area contributed by atoms with Crippen LogP contribution in [0.15, 0.2) is 46.9 Å². The molecule has 4 heteroatoms. The van der Waals surface area contributed by atoms with Gasteiger partial charge in [0.2, 0.25) is 0 Å². The predicted molar refractivity (Wildman–Crippen MR) is 85.2 cm³/mol. The lowest BCUT2D eigenvalue weighted by atomic mass is 10.2. The lowest BCUT2D eigenvalue weighted by Crippen LogP contribution is -2.00. The molecule has 1 aromatic carbocycles. The molecule has 1 N–H and O–H groups in total. The average Bonchev–Trinajstić information content (AvgIpc) is 2.82. The van der Waals surface area contributed by atoms with Gasteiger partial charge in [-0.1, -0.05) is 6.07 Å². The molecule has 0 amide bonds. The van der Waals surface area contributed by atoms with E-state index in [0.29, 0.717) is 6.54 Å². The number of aromatic nitrogens is 1. The molecule has 0 spiro atoms. The topological polar surface area (TPSA) is 38.1 Å². The molecule has 0 fully saturated rings. The van der Waals surface area contributed by atoms with Crippen LogP contribution >= 0.6 is 22.6 Å². The van der Waals surface area contributed by atoms with Crippen molar-refractivity contribution in [2.45, 2.75) is 13.5 Å². The van der Waals surface area contributed by atoms with Gasteiger partial charge in [-0.25, -0.2) is 4.98 Å². The van der Waals surface area contributed by atoms with E-state index in [1.54, 1.807) is 0 Å². The summed E-state index contributed by atoms with van der Waals surface area (Å²) in [5.41, 5.74) is 1.01. The molecule has 3 nitrogen and oxygen atoms in total. The number of fused-ring (bicyclic) bond motifs is 1. The standard InChI is InChI=1S/C15H13IN2O/c1-10-5-6-11(19-10)9-17-15-8-7-12-13(16)3-2-4-14(12)18-15/h2-8H,9H2,1H3,(H,17,18). The van der Waals surface area contributed by atoms with Crippen LogP contribution in [0.1, 0.15) is 11.5 Å². The Morgan fingerprint density at radius 1 is 1.16 bits per heavy atom. The van der Waals surface area contributed by atoms with E-state index in [1.807, 2.05) is 37.3 Å². The number of halogens is 1. The molecule has 3 aromatic rings. The molecule has 0 radical (unpaired) electrons. The molecule has 0 saturated heterocycles.